The summed E-state index contributed by atoms with van der Waals surface area (Å²) in [4.78, 5) is 11.1. The van der Waals surface area contributed by atoms with E-state index < -0.39 is 5.97 Å². The molecule has 4 nitrogen and oxygen atoms in total. The van der Waals surface area contributed by atoms with E-state index in [0.717, 1.165) is 10.0 Å². The molecule has 1 heterocycles. The maximum absolute atomic E-state index is 11.1. The van der Waals surface area contributed by atoms with Crippen molar-refractivity contribution in [1.82, 2.24) is 10.2 Å². The van der Waals surface area contributed by atoms with E-state index in [0.29, 0.717) is 11.4 Å². The molecule has 82 valence electrons. The number of aromatic nitrogens is 2. The molecule has 16 heavy (non-hydrogen) atoms. The summed E-state index contributed by atoms with van der Waals surface area (Å²) in [6.45, 7) is 1.69. The van der Waals surface area contributed by atoms with Crippen LogP contribution < -0.4 is 0 Å². The van der Waals surface area contributed by atoms with Crippen LogP contribution in [0.25, 0.3) is 11.3 Å². The second-order valence-electron chi connectivity index (χ2n) is 3.39. The van der Waals surface area contributed by atoms with Gasteiger partial charge in [-0.15, -0.1) is 0 Å². The highest BCUT2D eigenvalue weighted by Gasteiger charge is 2.18. The van der Waals surface area contributed by atoms with E-state index in [1.807, 2.05) is 24.3 Å². The molecular weight excluding hydrogens is 272 g/mol. The number of carbonyl (C=O) groups is 1. The minimum atomic E-state index is -0.971. The highest BCUT2D eigenvalue weighted by Crippen LogP contribution is 2.25. The van der Waals surface area contributed by atoms with Crippen LogP contribution in [0.3, 0.4) is 0 Å². The van der Waals surface area contributed by atoms with Crippen LogP contribution in [0.2, 0.25) is 0 Å². The van der Waals surface area contributed by atoms with E-state index >= 15 is 0 Å². The second kappa shape index (κ2) is 4.09. The molecule has 5 heteroatoms. The Morgan fingerprint density at radius 2 is 2.25 bits per heavy atom. The molecule has 0 fully saturated rings. The molecule has 0 aliphatic carbocycles. The molecule has 0 bridgehead atoms. The first-order chi connectivity index (χ1) is 7.59. The SMILES string of the molecule is Cc1[nH]nc(-c2cccc(Br)c2)c1C(=O)O. The van der Waals surface area contributed by atoms with Crippen LogP contribution in [0.4, 0.5) is 0 Å². The standard InChI is InChI=1S/C11H9BrN2O2/c1-6-9(11(15)16)10(14-13-6)7-3-2-4-8(12)5-7/h2-5H,1H3,(H,13,14)(H,15,16). The third-order valence-electron chi connectivity index (χ3n) is 2.26. The first-order valence-corrected chi connectivity index (χ1v) is 5.43. The summed E-state index contributed by atoms with van der Waals surface area (Å²) in [5, 5.41) is 15.8. The average Bonchev–Trinajstić information content (AvgIpc) is 2.60. The predicted octanol–water partition coefficient (Wildman–Crippen LogP) is 2.85. The zero-order valence-electron chi connectivity index (χ0n) is 8.49. The lowest BCUT2D eigenvalue weighted by Crippen LogP contribution is -1.99. The molecule has 0 aliphatic rings. The highest BCUT2D eigenvalue weighted by molar-refractivity contribution is 9.10. The smallest absolute Gasteiger partial charge is 0.339 e. The molecule has 2 N–H and O–H groups in total. The molecule has 1 aromatic carbocycles. The van der Waals surface area contributed by atoms with Crippen LogP contribution in [-0.2, 0) is 0 Å². The number of rotatable bonds is 2. The molecule has 0 unspecified atom stereocenters. The third-order valence-corrected chi connectivity index (χ3v) is 2.75. The lowest BCUT2D eigenvalue weighted by Gasteiger charge is -2.00. The van der Waals surface area contributed by atoms with Gasteiger partial charge >= 0.3 is 5.97 Å². The van der Waals surface area contributed by atoms with Gasteiger partial charge in [0, 0.05) is 15.7 Å². The number of carboxylic acid groups (broad SMARTS) is 1. The Hall–Kier alpha value is -1.62. The first-order valence-electron chi connectivity index (χ1n) is 4.64. The summed E-state index contributed by atoms with van der Waals surface area (Å²) in [7, 11) is 0. The van der Waals surface area contributed by atoms with Gasteiger partial charge in [0.25, 0.3) is 0 Å². The Morgan fingerprint density at radius 3 is 2.88 bits per heavy atom. The molecule has 0 atom stereocenters. The fourth-order valence-electron chi connectivity index (χ4n) is 1.54. The van der Waals surface area contributed by atoms with E-state index in [4.69, 9.17) is 5.11 Å². The molecule has 0 amide bonds. The quantitative estimate of drug-likeness (QED) is 0.889. The van der Waals surface area contributed by atoms with Crippen molar-refractivity contribution in [3.63, 3.8) is 0 Å². The molecule has 0 spiro atoms. The van der Waals surface area contributed by atoms with Gasteiger partial charge < -0.3 is 5.11 Å². The van der Waals surface area contributed by atoms with Gasteiger partial charge in [-0.1, -0.05) is 28.1 Å². The van der Waals surface area contributed by atoms with Crippen molar-refractivity contribution in [2.75, 3.05) is 0 Å². The Balaban J connectivity index is 2.60. The zero-order valence-corrected chi connectivity index (χ0v) is 10.1. The van der Waals surface area contributed by atoms with Gasteiger partial charge in [0.05, 0.1) is 0 Å². The zero-order chi connectivity index (χ0) is 11.7. The van der Waals surface area contributed by atoms with Gasteiger partial charge in [-0.05, 0) is 19.1 Å². The van der Waals surface area contributed by atoms with Crippen molar-refractivity contribution in [2.45, 2.75) is 6.92 Å². The molecule has 2 aromatic rings. The fraction of sp³-hybridized carbons (Fsp3) is 0.0909. The van der Waals surface area contributed by atoms with Crippen LogP contribution in [-0.4, -0.2) is 21.3 Å². The number of halogens is 1. The van der Waals surface area contributed by atoms with Gasteiger partial charge in [-0.3, -0.25) is 5.10 Å². The summed E-state index contributed by atoms with van der Waals surface area (Å²) >= 11 is 3.34. The second-order valence-corrected chi connectivity index (χ2v) is 4.30. The number of nitrogens with zero attached hydrogens (tertiary/aromatic N) is 1. The lowest BCUT2D eigenvalue weighted by atomic mass is 10.1. The molecule has 0 radical (unpaired) electrons. The summed E-state index contributed by atoms with van der Waals surface area (Å²) < 4.78 is 0.891. The van der Waals surface area contributed by atoms with E-state index in [1.165, 1.54) is 0 Å². The van der Waals surface area contributed by atoms with Crippen molar-refractivity contribution < 1.29 is 9.90 Å². The first kappa shape index (κ1) is 10.9. The van der Waals surface area contributed by atoms with E-state index in [2.05, 4.69) is 26.1 Å². The van der Waals surface area contributed by atoms with Crippen LogP contribution in [0.15, 0.2) is 28.7 Å². The molecule has 2 rings (SSSR count). The van der Waals surface area contributed by atoms with Crippen molar-refractivity contribution >= 4 is 21.9 Å². The highest BCUT2D eigenvalue weighted by atomic mass is 79.9. The molecular formula is C11H9BrN2O2. The summed E-state index contributed by atoms with van der Waals surface area (Å²) in [6, 6.07) is 7.38. The van der Waals surface area contributed by atoms with Crippen molar-refractivity contribution in [1.29, 1.82) is 0 Å². The summed E-state index contributed by atoms with van der Waals surface area (Å²) in [5.41, 5.74) is 2.02. The van der Waals surface area contributed by atoms with Crippen molar-refractivity contribution in [3.8, 4) is 11.3 Å². The van der Waals surface area contributed by atoms with Crippen molar-refractivity contribution in [3.05, 3.63) is 40.0 Å². The van der Waals surface area contributed by atoms with E-state index in [9.17, 15) is 4.79 Å². The van der Waals surface area contributed by atoms with Gasteiger partial charge in [0.2, 0.25) is 0 Å². The summed E-state index contributed by atoms with van der Waals surface area (Å²) in [6.07, 6.45) is 0. The monoisotopic (exact) mass is 280 g/mol. The minimum absolute atomic E-state index is 0.220. The van der Waals surface area contributed by atoms with Gasteiger partial charge in [-0.2, -0.15) is 5.10 Å². The largest absolute Gasteiger partial charge is 0.478 e. The van der Waals surface area contributed by atoms with Crippen LogP contribution >= 0.6 is 15.9 Å². The average molecular weight is 281 g/mol. The van der Waals surface area contributed by atoms with E-state index in [1.54, 1.807) is 6.92 Å². The number of aromatic amines is 1. The maximum atomic E-state index is 11.1. The maximum Gasteiger partial charge on any atom is 0.339 e. The molecule has 0 aliphatic heterocycles. The number of aromatic carboxylic acids is 1. The lowest BCUT2D eigenvalue weighted by molar-refractivity contribution is 0.0697. The van der Waals surface area contributed by atoms with Crippen LogP contribution in [0.5, 0.6) is 0 Å². The van der Waals surface area contributed by atoms with Crippen molar-refractivity contribution in [2.24, 2.45) is 0 Å². The van der Waals surface area contributed by atoms with E-state index in [-0.39, 0.29) is 5.56 Å². The Morgan fingerprint density at radius 1 is 1.50 bits per heavy atom. The number of hydrogen-bond donors (Lipinski definition) is 2. The Bertz CT molecular complexity index is 549. The number of hydrogen-bond acceptors (Lipinski definition) is 2. The van der Waals surface area contributed by atoms with Gasteiger partial charge in [0.15, 0.2) is 0 Å². The number of carboxylic acids is 1. The minimum Gasteiger partial charge on any atom is -0.478 e. The number of nitrogens with one attached hydrogen (secondary N) is 1. The van der Waals surface area contributed by atoms with Gasteiger partial charge in [-0.25, -0.2) is 4.79 Å². The third kappa shape index (κ3) is 1.86. The van der Waals surface area contributed by atoms with Crippen LogP contribution in [0, 0.1) is 6.92 Å². The molecule has 0 saturated heterocycles. The topological polar surface area (TPSA) is 66.0 Å². The summed E-state index contributed by atoms with van der Waals surface area (Å²) in [5.74, 6) is -0.971. The van der Waals surface area contributed by atoms with Gasteiger partial charge in [0.1, 0.15) is 11.3 Å². The fourth-order valence-corrected chi connectivity index (χ4v) is 1.93. The number of aryl methyl sites for hydroxylation is 1. The predicted molar refractivity (Wildman–Crippen MR) is 63.4 cm³/mol. The normalized spacial score (nSPS) is 10.4. The molecule has 1 aromatic heterocycles. The Labute approximate surface area is 100 Å². The number of benzene rings is 1. The number of H-pyrrole nitrogens is 1. The Kier molecular flexibility index (Phi) is 2.78. The molecule has 0 saturated carbocycles. The van der Waals surface area contributed by atoms with Crippen LogP contribution in [0.1, 0.15) is 16.1 Å².